The van der Waals surface area contributed by atoms with Crippen molar-refractivity contribution in [1.82, 2.24) is 0 Å². The Morgan fingerprint density at radius 1 is 1.14 bits per heavy atom. The zero-order chi connectivity index (χ0) is 6.08. The molecule has 0 nitrogen and oxygen atoms in total. The Kier molecular flexibility index (Phi) is 2.91. The molecule has 0 heterocycles. The second-order valence-electron chi connectivity index (χ2n) is 2.67. The molecule has 0 N–H and O–H groups in total. The number of hydrogen-bond donors (Lipinski definition) is 0. The van der Waals surface area contributed by atoms with Crippen molar-refractivity contribution in [1.29, 1.82) is 0 Å². The van der Waals surface area contributed by atoms with Gasteiger partial charge >= 0.3 is 4.36 Å². The predicted octanol–water partition coefficient (Wildman–Crippen LogP) is 3.06. The van der Waals surface area contributed by atoms with Crippen LogP contribution < -0.4 is 0 Å². The molecule has 0 unspecified atom stereocenters. The molecule has 0 bridgehead atoms. The molecular formula is C4H9BBr2. The fourth-order valence-corrected chi connectivity index (χ4v) is 0. The molecule has 0 rings (SSSR count). The SMILES string of the molecule is CC(C)(C)B(Br)Br. The topological polar surface area (TPSA) is 0 Å². The lowest BCUT2D eigenvalue weighted by atomic mass is 9.74. The highest BCUT2D eigenvalue weighted by atomic mass is 79.9. The minimum Gasteiger partial charge on any atom is -0.139 e. The normalized spacial score (nSPS) is 11.6. The van der Waals surface area contributed by atoms with E-state index in [1.807, 2.05) is 0 Å². The molecule has 0 atom stereocenters. The van der Waals surface area contributed by atoms with Crippen molar-refractivity contribution in [3.8, 4) is 0 Å². The zero-order valence-electron chi connectivity index (χ0n) is 4.83. The molecule has 0 radical (unpaired) electrons. The van der Waals surface area contributed by atoms with Crippen molar-refractivity contribution in [3.63, 3.8) is 0 Å². The quantitative estimate of drug-likeness (QED) is 0.558. The summed E-state index contributed by atoms with van der Waals surface area (Å²) in [5.41, 5.74) is 0. The average Bonchev–Trinajstić information content (AvgIpc) is 1.31. The Bertz CT molecular complexity index is 55.2. The summed E-state index contributed by atoms with van der Waals surface area (Å²) in [6.45, 7) is 6.50. The van der Waals surface area contributed by atoms with Crippen molar-refractivity contribution < 1.29 is 0 Å². The van der Waals surface area contributed by atoms with E-state index in [0.29, 0.717) is 9.68 Å². The molecule has 0 aromatic heterocycles. The summed E-state index contributed by atoms with van der Waals surface area (Å²) < 4.78 is 0.424. The maximum Gasteiger partial charge on any atom is 0.303 e. The minimum atomic E-state index is 0.333. The van der Waals surface area contributed by atoms with Crippen molar-refractivity contribution in [2.24, 2.45) is 0 Å². The van der Waals surface area contributed by atoms with E-state index in [4.69, 9.17) is 0 Å². The largest absolute Gasteiger partial charge is 0.303 e. The molecule has 0 aliphatic rings. The van der Waals surface area contributed by atoms with Gasteiger partial charge in [0.25, 0.3) is 0 Å². The van der Waals surface area contributed by atoms with Crippen molar-refractivity contribution in [3.05, 3.63) is 0 Å². The van der Waals surface area contributed by atoms with Crippen LogP contribution in [0, 0.1) is 0 Å². The van der Waals surface area contributed by atoms with Gasteiger partial charge in [-0.15, -0.1) is 31.5 Å². The summed E-state index contributed by atoms with van der Waals surface area (Å²) >= 11 is 6.82. The third kappa shape index (κ3) is 3.59. The van der Waals surface area contributed by atoms with Crippen LogP contribution in [0.25, 0.3) is 0 Å². The molecule has 0 aliphatic heterocycles. The van der Waals surface area contributed by atoms with Gasteiger partial charge in [-0.1, -0.05) is 20.8 Å². The smallest absolute Gasteiger partial charge is 0.139 e. The second kappa shape index (κ2) is 2.54. The van der Waals surface area contributed by atoms with Crippen LogP contribution in [0.3, 0.4) is 0 Å². The van der Waals surface area contributed by atoms with Crippen LogP contribution in [0.2, 0.25) is 5.31 Å². The van der Waals surface area contributed by atoms with E-state index in [9.17, 15) is 0 Å². The van der Waals surface area contributed by atoms with Crippen LogP contribution in [0.5, 0.6) is 0 Å². The summed E-state index contributed by atoms with van der Waals surface area (Å²) in [7, 11) is 0. The lowest BCUT2D eigenvalue weighted by molar-refractivity contribution is 0.762. The highest BCUT2D eigenvalue weighted by molar-refractivity contribution is 9.49. The van der Waals surface area contributed by atoms with Crippen LogP contribution in [-0.2, 0) is 0 Å². The Morgan fingerprint density at radius 2 is 1.29 bits per heavy atom. The van der Waals surface area contributed by atoms with Gasteiger partial charge in [0.2, 0.25) is 0 Å². The highest BCUT2D eigenvalue weighted by Crippen LogP contribution is 2.33. The van der Waals surface area contributed by atoms with E-state index < -0.39 is 0 Å². The monoisotopic (exact) mass is 226 g/mol. The molecule has 0 aromatic carbocycles. The third-order valence-corrected chi connectivity index (χ3v) is 3.40. The van der Waals surface area contributed by atoms with E-state index in [0.717, 1.165) is 0 Å². The molecule has 0 spiro atoms. The maximum atomic E-state index is 3.41. The number of hydrogen-bond acceptors (Lipinski definition) is 0. The van der Waals surface area contributed by atoms with Gasteiger partial charge in [-0.05, 0) is 5.31 Å². The van der Waals surface area contributed by atoms with E-state index >= 15 is 0 Å². The Balaban J connectivity index is 3.54. The molecular weight excluding hydrogens is 219 g/mol. The van der Waals surface area contributed by atoms with Crippen LogP contribution >= 0.6 is 31.5 Å². The van der Waals surface area contributed by atoms with Crippen LogP contribution in [0.4, 0.5) is 0 Å². The van der Waals surface area contributed by atoms with Crippen LogP contribution in [0.15, 0.2) is 0 Å². The van der Waals surface area contributed by atoms with Crippen molar-refractivity contribution >= 4 is 35.9 Å². The number of halogens is 2. The summed E-state index contributed by atoms with van der Waals surface area (Å²) in [6.07, 6.45) is 0. The first kappa shape index (κ1) is 8.02. The Morgan fingerprint density at radius 3 is 1.29 bits per heavy atom. The second-order valence-corrected chi connectivity index (χ2v) is 5.73. The van der Waals surface area contributed by atoms with E-state index in [2.05, 4.69) is 52.3 Å². The standard InChI is InChI=1S/C4H9BBr2/c1-4(2,3)5(6)7/h1-3H3. The van der Waals surface area contributed by atoms with Gasteiger partial charge in [-0.25, -0.2) is 0 Å². The Labute approximate surface area is 62.1 Å². The van der Waals surface area contributed by atoms with Crippen LogP contribution in [-0.4, -0.2) is 4.36 Å². The first-order chi connectivity index (χ1) is 2.94. The van der Waals surface area contributed by atoms with E-state index in [-0.39, 0.29) is 0 Å². The molecule has 0 fully saturated rings. The van der Waals surface area contributed by atoms with E-state index in [1.165, 1.54) is 0 Å². The van der Waals surface area contributed by atoms with Gasteiger partial charge in [0, 0.05) is 0 Å². The molecule has 42 valence electrons. The first-order valence-electron chi connectivity index (χ1n) is 2.23. The van der Waals surface area contributed by atoms with Crippen LogP contribution in [0.1, 0.15) is 20.8 Å². The molecule has 0 saturated carbocycles. The molecule has 3 heteroatoms. The zero-order valence-corrected chi connectivity index (χ0v) is 8.01. The maximum absolute atomic E-state index is 3.41. The molecule has 0 aliphatic carbocycles. The van der Waals surface area contributed by atoms with Gasteiger partial charge in [-0.2, -0.15) is 0 Å². The fourth-order valence-electron chi connectivity index (χ4n) is 0. The van der Waals surface area contributed by atoms with Crippen molar-refractivity contribution in [2.45, 2.75) is 26.1 Å². The van der Waals surface area contributed by atoms with Gasteiger partial charge in [-0.3, -0.25) is 0 Å². The van der Waals surface area contributed by atoms with Gasteiger partial charge < -0.3 is 0 Å². The minimum absolute atomic E-state index is 0.333. The molecule has 0 amide bonds. The fraction of sp³-hybridized carbons (Fsp3) is 1.00. The summed E-state index contributed by atoms with van der Waals surface area (Å²) in [5, 5.41) is 0.333. The van der Waals surface area contributed by atoms with Gasteiger partial charge in [0.05, 0.1) is 0 Å². The van der Waals surface area contributed by atoms with E-state index in [1.54, 1.807) is 0 Å². The summed E-state index contributed by atoms with van der Waals surface area (Å²) in [6, 6.07) is 0. The molecule has 0 saturated heterocycles. The van der Waals surface area contributed by atoms with Gasteiger partial charge in [0.1, 0.15) is 0 Å². The highest BCUT2D eigenvalue weighted by Gasteiger charge is 2.22. The van der Waals surface area contributed by atoms with Gasteiger partial charge in [0.15, 0.2) is 0 Å². The van der Waals surface area contributed by atoms with Crippen molar-refractivity contribution in [2.75, 3.05) is 0 Å². The summed E-state index contributed by atoms with van der Waals surface area (Å²) in [4.78, 5) is 0. The third-order valence-electron chi connectivity index (χ3n) is 0.655. The number of rotatable bonds is 0. The summed E-state index contributed by atoms with van der Waals surface area (Å²) in [5.74, 6) is 0. The lowest BCUT2D eigenvalue weighted by Gasteiger charge is -2.15. The lowest BCUT2D eigenvalue weighted by Crippen LogP contribution is -2.09. The predicted molar refractivity (Wildman–Crippen MR) is 43.3 cm³/mol. The molecule has 7 heavy (non-hydrogen) atoms. The molecule has 0 aromatic rings. The first-order valence-corrected chi connectivity index (χ1v) is 4.06. The average molecular weight is 228 g/mol. The Hall–Kier alpha value is 1.02.